The zero-order valence-electron chi connectivity index (χ0n) is 10.6. The average Bonchev–Trinajstić information content (AvgIpc) is 3.11. The highest BCUT2D eigenvalue weighted by Crippen LogP contribution is 2.39. The lowest BCUT2D eigenvalue weighted by molar-refractivity contribution is -0.177. The molecule has 0 spiro atoms. The summed E-state index contributed by atoms with van der Waals surface area (Å²) >= 11 is 0. The lowest BCUT2D eigenvalue weighted by atomic mass is 10.2. The molecule has 1 saturated carbocycles. The maximum absolute atomic E-state index is 12.0. The van der Waals surface area contributed by atoms with Gasteiger partial charge < -0.3 is 10.1 Å². The summed E-state index contributed by atoms with van der Waals surface area (Å²) in [5, 5.41) is 3.05. The number of alkyl halides is 3. The molecular weight excluding hydrogens is 259 g/mol. The molecule has 0 bridgehead atoms. The lowest BCUT2D eigenvalue weighted by Crippen LogP contribution is -2.17. The van der Waals surface area contributed by atoms with E-state index in [0.29, 0.717) is 24.1 Å². The number of hydrogen-bond donors (Lipinski definition) is 1. The van der Waals surface area contributed by atoms with Crippen LogP contribution in [-0.4, -0.2) is 29.3 Å². The van der Waals surface area contributed by atoms with E-state index >= 15 is 0 Å². The molecule has 0 aromatic carbocycles. The first-order valence-electron chi connectivity index (χ1n) is 6.24. The molecular formula is C12H16F3N3O. The Labute approximate surface area is 109 Å². The molecule has 0 atom stereocenters. The summed E-state index contributed by atoms with van der Waals surface area (Å²) in [6.07, 6.45) is -2.17. The van der Waals surface area contributed by atoms with E-state index in [1.807, 2.05) is 13.0 Å². The third kappa shape index (κ3) is 4.66. The fourth-order valence-corrected chi connectivity index (χ4v) is 1.70. The SMILES string of the molecule is CCNc1cc(C2CC2)nc(COCC(F)(F)F)n1. The van der Waals surface area contributed by atoms with Gasteiger partial charge >= 0.3 is 6.18 Å². The molecule has 0 aliphatic heterocycles. The van der Waals surface area contributed by atoms with Crippen LogP contribution in [0.25, 0.3) is 0 Å². The molecule has 1 fully saturated rings. The van der Waals surface area contributed by atoms with E-state index in [0.717, 1.165) is 18.5 Å². The number of hydrogen-bond acceptors (Lipinski definition) is 4. The molecule has 106 valence electrons. The van der Waals surface area contributed by atoms with E-state index in [-0.39, 0.29) is 6.61 Å². The van der Waals surface area contributed by atoms with Crippen molar-refractivity contribution in [2.75, 3.05) is 18.5 Å². The van der Waals surface area contributed by atoms with Crippen molar-refractivity contribution in [1.29, 1.82) is 0 Å². The molecule has 1 aromatic heterocycles. The van der Waals surface area contributed by atoms with E-state index in [2.05, 4.69) is 20.0 Å². The summed E-state index contributed by atoms with van der Waals surface area (Å²) < 4.78 is 40.6. The molecule has 1 aromatic rings. The standard InChI is InChI=1S/C12H16F3N3O/c1-2-16-10-5-9(8-3-4-8)17-11(18-10)6-19-7-12(13,14)15/h5,8H,2-4,6-7H2,1H3,(H,16,17,18). The summed E-state index contributed by atoms with van der Waals surface area (Å²) in [6, 6.07) is 1.86. The average molecular weight is 275 g/mol. The van der Waals surface area contributed by atoms with Gasteiger partial charge in [-0.2, -0.15) is 13.2 Å². The van der Waals surface area contributed by atoms with Gasteiger partial charge in [0.25, 0.3) is 0 Å². The Morgan fingerprint density at radius 2 is 2.11 bits per heavy atom. The summed E-state index contributed by atoms with van der Waals surface area (Å²) in [6.45, 7) is 1.13. The van der Waals surface area contributed by atoms with Gasteiger partial charge in [-0.3, -0.25) is 0 Å². The first kappa shape index (κ1) is 14.0. The van der Waals surface area contributed by atoms with E-state index in [9.17, 15) is 13.2 Å². The fourth-order valence-electron chi connectivity index (χ4n) is 1.70. The van der Waals surface area contributed by atoms with Crippen molar-refractivity contribution in [3.8, 4) is 0 Å². The van der Waals surface area contributed by atoms with E-state index in [4.69, 9.17) is 0 Å². The quantitative estimate of drug-likeness (QED) is 0.867. The third-order valence-corrected chi connectivity index (χ3v) is 2.64. The summed E-state index contributed by atoms with van der Waals surface area (Å²) in [4.78, 5) is 8.39. The summed E-state index contributed by atoms with van der Waals surface area (Å²) in [5.74, 6) is 1.36. The number of nitrogens with zero attached hydrogens (tertiary/aromatic N) is 2. The van der Waals surface area contributed by atoms with Gasteiger partial charge in [0.05, 0.1) is 0 Å². The monoisotopic (exact) mass is 275 g/mol. The van der Waals surface area contributed by atoms with Crippen LogP contribution in [0.4, 0.5) is 19.0 Å². The van der Waals surface area contributed by atoms with Crippen molar-refractivity contribution in [2.24, 2.45) is 0 Å². The van der Waals surface area contributed by atoms with Crippen LogP contribution in [0.1, 0.15) is 37.2 Å². The van der Waals surface area contributed by atoms with Crippen molar-refractivity contribution < 1.29 is 17.9 Å². The minimum atomic E-state index is -4.32. The van der Waals surface area contributed by atoms with Crippen LogP contribution >= 0.6 is 0 Å². The second-order valence-electron chi connectivity index (χ2n) is 4.51. The Kier molecular flexibility index (Phi) is 4.24. The molecule has 1 heterocycles. The molecule has 0 saturated heterocycles. The lowest BCUT2D eigenvalue weighted by Gasteiger charge is -2.10. The van der Waals surface area contributed by atoms with Gasteiger partial charge in [0.15, 0.2) is 5.82 Å². The number of anilines is 1. The van der Waals surface area contributed by atoms with Gasteiger partial charge in [-0.05, 0) is 19.8 Å². The Balaban J connectivity index is 2.01. The van der Waals surface area contributed by atoms with Gasteiger partial charge in [0.1, 0.15) is 19.0 Å². The highest BCUT2D eigenvalue weighted by atomic mass is 19.4. The maximum atomic E-state index is 12.0. The van der Waals surface area contributed by atoms with Crippen LogP contribution in [-0.2, 0) is 11.3 Å². The third-order valence-electron chi connectivity index (χ3n) is 2.64. The fraction of sp³-hybridized carbons (Fsp3) is 0.667. The predicted octanol–water partition coefficient (Wildman–Crippen LogP) is 2.86. The molecule has 7 heteroatoms. The second kappa shape index (κ2) is 5.73. The Bertz CT molecular complexity index is 433. The van der Waals surface area contributed by atoms with Crippen molar-refractivity contribution in [3.05, 3.63) is 17.6 Å². The van der Waals surface area contributed by atoms with Crippen molar-refractivity contribution in [1.82, 2.24) is 9.97 Å². The van der Waals surface area contributed by atoms with Gasteiger partial charge in [0.2, 0.25) is 0 Å². The highest BCUT2D eigenvalue weighted by Gasteiger charge is 2.28. The van der Waals surface area contributed by atoms with Gasteiger partial charge in [0, 0.05) is 24.2 Å². The van der Waals surface area contributed by atoms with Gasteiger partial charge in [-0.25, -0.2) is 9.97 Å². The Morgan fingerprint density at radius 3 is 2.68 bits per heavy atom. The number of aromatic nitrogens is 2. The Hall–Kier alpha value is -1.37. The highest BCUT2D eigenvalue weighted by molar-refractivity contribution is 5.37. The summed E-state index contributed by atoms with van der Waals surface area (Å²) in [7, 11) is 0. The second-order valence-corrected chi connectivity index (χ2v) is 4.51. The van der Waals surface area contributed by atoms with Crippen LogP contribution in [0.2, 0.25) is 0 Å². The molecule has 1 aliphatic rings. The van der Waals surface area contributed by atoms with Gasteiger partial charge in [-0.1, -0.05) is 0 Å². The molecule has 2 rings (SSSR count). The van der Waals surface area contributed by atoms with Gasteiger partial charge in [-0.15, -0.1) is 0 Å². The predicted molar refractivity (Wildman–Crippen MR) is 63.9 cm³/mol. The van der Waals surface area contributed by atoms with Crippen LogP contribution in [0.5, 0.6) is 0 Å². The smallest absolute Gasteiger partial charge is 0.370 e. The largest absolute Gasteiger partial charge is 0.411 e. The first-order valence-corrected chi connectivity index (χ1v) is 6.24. The van der Waals surface area contributed by atoms with Crippen molar-refractivity contribution >= 4 is 5.82 Å². The Morgan fingerprint density at radius 1 is 1.37 bits per heavy atom. The number of rotatable bonds is 6. The number of ether oxygens (including phenoxy) is 1. The van der Waals surface area contributed by atoms with Crippen LogP contribution < -0.4 is 5.32 Å². The molecule has 4 nitrogen and oxygen atoms in total. The first-order chi connectivity index (χ1) is 8.98. The zero-order chi connectivity index (χ0) is 13.9. The van der Waals surface area contributed by atoms with Crippen LogP contribution in [0, 0.1) is 0 Å². The van der Waals surface area contributed by atoms with E-state index in [1.165, 1.54) is 0 Å². The van der Waals surface area contributed by atoms with Crippen molar-refractivity contribution in [3.63, 3.8) is 0 Å². The normalized spacial score (nSPS) is 15.6. The summed E-state index contributed by atoms with van der Waals surface area (Å²) in [5.41, 5.74) is 0.886. The molecule has 0 radical (unpaired) electrons. The van der Waals surface area contributed by atoms with E-state index in [1.54, 1.807) is 0 Å². The zero-order valence-corrected chi connectivity index (χ0v) is 10.6. The minimum Gasteiger partial charge on any atom is -0.370 e. The molecule has 0 unspecified atom stereocenters. The topological polar surface area (TPSA) is 47.0 Å². The van der Waals surface area contributed by atoms with Crippen LogP contribution in [0.15, 0.2) is 6.07 Å². The number of halogens is 3. The van der Waals surface area contributed by atoms with E-state index < -0.39 is 12.8 Å². The minimum absolute atomic E-state index is 0.224. The molecule has 1 aliphatic carbocycles. The molecule has 1 N–H and O–H groups in total. The molecule has 19 heavy (non-hydrogen) atoms. The number of nitrogens with one attached hydrogen (secondary N) is 1. The molecule has 0 amide bonds. The maximum Gasteiger partial charge on any atom is 0.411 e. The van der Waals surface area contributed by atoms with Crippen molar-refractivity contribution in [2.45, 2.75) is 38.5 Å². The van der Waals surface area contributed by atoms with Crippen LogP contribution in [0.3, 0.4) is 0 Å².